The fraction of sp³-hybridized carbons (Fsp3) is 0.125. The van der Waals surface area contributed by atoms with Gasteiger partial charge < -0.3 is 4.79 Å². The molecular weight excluding hydrogens is 179 g/mol. The smallest absolute Gasteiger partial charge is 0.124 e. The number of halogens is 1. The van der Waals surface area contributed by atoms with E-state index in [0.29, 0.717) is 11.4 Å². The molecule has 0 aliphatic heterocycles. The molecule has 0 saturated heterocycles. The van der Waals surface area contributed by atoms with Gasteiger partial charge in [0.15, 0.2) is 0 Å². The lowest BCUT2D eigenvalue weighted by molar-refractivity contribution is -0.107. The van der Waals surface area contributed by atoms with E-state index < -0.39 is 0 Å². The molecule has 3 heteroatoms. The van der Waals surface area contributed by atoms with Crippen LogP contribution in [0.3, 0.4) is 0 Å². The van der Waals surface area contributed by atoms with Crippen molar-refractivity contribution in [1.82, 2.24) is 0 Å². The van der Waals surface area contributed by atoms with Gasteiger partial charge in [0.05, 0.1) is 0 Å². The fourth-order valence-corrected chi connectivity index (χ4v) is 1.52. The molecule has 1 unspecified atom stereocenters. The first-order valence-corrected chi connectivity index (χ1v) is 4.17. The van der Waals surface area contributed by atoms with Crippen molar-refractivity contribution in [3.63, 3.8) is 0 Å². The Morgan fingerprint density at radius 2 is 2.27 bits per heavy atom. The highest BCUT2D eigenvalue weighted by atomic mass is 35.5. The molecular formula is C8H8ClOP. The van der Waals surface area contributed by atoms with Crippen molar-refractivity contribution in [1.29, 1.82) is 0 Å². The molecule has 0 aliphatic rings. The van der Waals surface area contributed by atoms with Crippen LogP contribution in [-0.4, -0.2) is 6.29 Å². The number of rotatable bonds is 2. The first-order chi connectivity index (χ1) is 5.24. The third-order valence-corrected chi connectivity index (χ3v) is 2.18. The molecule has 0 heterocycles. The van der Waals surface area contributed by atoms with Crippen LogP contribution >= 0.6 is 20.8 Å². The van der Waals surface area contributed by atoms with Crippen molar-refractivity contribution in [3.8, 4) is 0 Å². The van der Waals surface area contributed by atoms with Gasteiger partial charge >= 0.3 is 0 Å². The monoisotopic (exact) mass is 186 g/mol. The summed E-state index contributed by atoms with van der Waals surface area (Å²) in [6.07, 6.45) is 1.34. The summed E-state index contributed by atoms with van der Waals surface area (Å²) in [6.45, 7) is 0. The summed E-state index contributed by atoms with van der Waals surface area (Å²) in [5.74, 6) is 0. The summed E-state index contributed by atoms with van der Waals surface area (Å²) in [6, 6.07) is 5.47. The van der Waals surface area contributed by atoms with Crippen LogP contribution < -0.4 is 5.30 Å². The highest BCUT2D eigenvalue weighted by Crippen LogP contribution is 2.10. The van der Waals surface area contributed by atoms with Crippen LogP contribution in [0.1, 0.15) is 5.56 Å². The molecule has 0 bridgehead atoms. The van der Waals surface area contributed by atoms with Crippen LogP contribution in [0.15, 0.2) is 18.2 Å². The molecule has 1 atom stereocenters. The van der Waals surface area contributed by atoms with Crippen molar-refractivity contribution in [2.24, 2.45) is 0 Å². The normalized spacial score (nSPS) is 9.64. The maximum atomic E-state index is 10.2. The molecule has 0 N–H and O–H groups in total. The first-order valence-electron chi connectivity index (χ1n) is 3.21. The van der Waals surface area contributed by atoms with E-state index in [9.17, 15) is 4.79 Å². The SMILES string of the molecule is O=CCc1ccc(Cl)cc1P. The number of hydrogen-bond acceptors (Lipinski definition) is 1. The molecule has 0 aromatic heterocycles. The zero-order valence-corrected chi connectivity index (χ0v) is 7.79. The van der Waals surface area contributed by atoms with Gasteiger partial charge in [0.25, 0.3) is 0 Å². The Kier molecular flexibility index (Phi) is 3.04. The van der Waals surface area contributed by atoms with Gasteiger partial charge in [-0.05, 0) is 23.0 Å². The predicted molar refractivity (Wildman–Crippen MR) is 50.6 cm³/mol. The van der Waals surface area contributed by atoms with Crippen molar-refractivity contribution >= 4 is 32.4 Å². The standard InChI is InChI=1S/C8H8ClOP/c9-7-2-1-6(3-4-10)8(11)5-7/h1-2,4-5H,3,11H2. The molecule has 1 aromatic rings. The molecule has 1 aromatic carbocycles. The van der Waals surface area contributed by atoms with E-state index in [1.54, 1.807) is 6.07 Å². The fourth-order valence-electron chi connectivity index (χ4n) is 0.841. The van der Waals surface area contributed by atoms with Crippen molar-refractivity contribution in [2.75, 3.05) is 0 Å². The quantitative estimate of drug-likeness (QED) is 0.506. The molecule has 0 aliphatic carbocycles. The summed E-state index contributed by atoms with van der Waals surface area (Å²) in [5, 5.41) is 1.69. The van der Waals surface area contributed by atoms with Gasteiger partial charge in [-0.3, -0.25) is 0 Å². The van der Waals surface area contributed by atoms with Crippen LogP contribution in [0, 0.1) is 0 Å². The number of aldehydes is 1. The molecule has 0 amide bonds. The second kappa shape index (κ2) is 3.85. The zero-order chi connectivity index (χ0) is 8.27. The van der Waals surface area contributed by atoms with Crippen LogP contribution in [-0.2, 0) is 11.2 Å². The average Bonchev–Trinajstić information content (AvgIpc) is 1.95. The average molecular weight is 187 g/mol. The molecule has 0 spiro atoms. The Morgan fingerprint density at radius 3 is 2.82 bits per heavy atom. The molecule has 0 fully saturated rings. The lowest BCUT2D eigenvalue weighted by Crippen LogP contribution is -2.01. The van der Waals surface area contributed by atoms with Crippen molar-refractivity contribution in [2.45, 2.75) is 6.42 Å². The lowest BCUT2D eigenvalue weighted by atomic mass is 10.2. The van der Waals surface area contributed by atoms with Crippen molar-refractivity contribution < 1.29 is 4.79 Å². The summed E-state index contributed by atoms with van der Waals surface area (Å²) in [4.78, 5) is 10.2. The first kappa shape index (κ1) is 8.70. The topological polar surface area (TPSA) is 17.1 Å². The molecule has 58 valence electrons. The van der Waals surface area contributed by atoms with E-state index in [2.05, 4.69) is 9.24 Å². The van der Waals surface area contributed by atoms with Gasteiger partial charge in [-0.25, -0.2) is 0 Å². The molecule has 1 rings (SSSR count). The minimum absolute atomic E-state index is 0.454. The third kappa shape index (κ3) is 2.28. The van der Waals surface area contributed by atoms with Gasteiger partial charge in [0.1, 0.15) is 6.29 Å². The van der Waals surface area contributed by atoms with Gasteiger partial charge in [-0.1, -0.05) is 17.7 Å². The van der Waals surface area contributed by atoms with E-state index in [1.165, 1.54) is 0 Å². The minimum atomic E-state index is 0.454. The molecule has 0 radical (unpaired) electrons. The summed E-state index contributed by atoms with van der Waals surface area (Å²) in [7, 11) is 2.55. The number of carbonyl (C=O) groups excluding carboxylic acids is 1. The minimum Gasteiger partial charge on any atom is -0.303 e. The Morgan fingerprint density at radius 1 is 1.55 bits per heavy atom. The van der Waals surface area contributed by atoms with E-state index >= 15 is 0 Å². The van der Waals surface area contributed by atoms with E-state index in [4.69, 9.17) is 11.6 Å². The second-order valence-electron chi connectivity index (χ2n) is 2.21. The van der Waals surface area contributed by atoms with Crippen LogP contribution in [0.2, 0.25) is 5.02 Å². The zero-order valence-electron chi connectivity index (χ0n) is 5.88. The van der Waals surface area contributed by atoms with Gasteiger partial charge in [-0.15, -0.1) is 9.24 Å². The summed E-state index contributed by atoms with van der Waals surface area (Å²) < 4.78 is 0. The maximum absolute atomic E-state index is 10.2. The van der Waals surface area contributed by atoms with Crippen LogP contribution in [0.25, 0.3) is 0 Å². The molecule has 0 saturated carbocycles. The Hall–Kier alpha value is -0.390. The Bertz CT molecular complexity index is 273. The van der Waals surface area contributed by atoms with Gasteiger partial charge in [0.2, 0.25) is 0 Å². The number of carbonyl (C=O) groups is 1. The predicted octanol–water partition coefficient (Wildman–Crippen LogP) is 1.58. The van der Waals surface area contributed by atoms with Gasteiger partial charge in [0, 0.05) is 11.4 Å². The van der Waals surface area contributed by atoms with E-state index in [-0.39, 0.29) is 0 Å². The van der Waals surface area contributed by atoms with Gasteiger partial charge in [-0.2, -0.15) is 0 Å². The Balaban J connectivity index is 2.98. The number of hydrogen-bond donors (Lipinski definition) is 0. The molecule has 11 heavy (non-hydrogen) atoms. The van der Waals surface area contributed by atoms with E-state index in [1.807, 2.05) is 12.1 Å². The summed E-state index contributed by atoms with van der Waals surface area (Å²) in [5.41, 5.74) is 1.01. The lowest BCUT2D eigenvalue weighted by Gasteiger charge is -2.00. The Labute approximate surface area is 73.0 Å². The second-order valence-corrected chi connectivity index (χ2v) is 3.27. The van der Waals surface area contributed by atoms with Crippen molar-refractivity contribution in [3.05, 3.63) is 28.8 Å². The highest BCUT2D eigenvalue weighted by molar-refractivity contribution is 7.27. The highest BCUT2D eigenvalue weighted by Gasteiger charge is 1.97. The number of benzene rings is 1. The summed E-state index contributed by atoms with van der Waals surface area (Å²) >= 11 is 5.72. The largest absolute Gasteiger partial charge is 0.303 e. The maximum Gasteiger partial charge on any atom is 0.124 e. The third-order valence-electron chi connectivity index (χ3n) is 1.41. The van der Waals surface area contributed by atoms with Crippen LogP contribution in [0.4, 0.5) is 0 Å². The molecule has 1 nitrogen and oxygen atoms in total. The van der Waals surface area contributed by atoms with E-state index in [0.717, 1.165) is 17.2 Å². The van der Waals surface area contributed by atoms with Crippen LogP contribution in [0.5, 0.6) is 0 Å².